The zero-order valence-electron chi connectivity index (χ0n) is 17.4. The standard InChI is InChI=1S/C23H15Cl2F2N3O4/c24-15-6-5-11(26)7-14(15)21-28-20(34-29-21)10-33-19-9-18(17(27)8-16(19)25)30-22(31)12-3-1-2-4-13(12)23(30)32/h5-9H,1-4,10H2. The second-order valence-electron chi connectivity index (χ2n) is 7.77. The number of nitrogens with zero attached hydrogens (tertiary/aromatic N) is 3. The van der Waals surface area contributed by atoms with Gasteiger partial charge in [-0.2, -0.15) is 4.98 Å². The zero-order valence-corrected chi connectivity index (χ0v) is 18.9. The highest BCUT2D eigenvalue weighted by molar-refractivity contribution is 6.34. The van der Waals surface area contributed by atoms with Gasteiger partial charge in [-0.3, -0.25) is 9.59 Å². The van der Waals surface area contributed by atoms with E-state index in [0.717, 1.165) is 23.8 Å². The fourth-order valence-electron chi connectivity index (χ4n) is 3.99. The van der Waals surface area contributed by atoms with Crippen molar-refractivity contribution in [1.82, 2.24) is 10.1 Å². The van der Waals surface area contributed by atoms with Crippen molar-refractivity contribution in [3.05, 3.63) is 69.0 Å². The Labute approximate surface area is 201 Å². The van der Waals surface area contributed by atoms with E-state index >= 15 is 0 Å². The van der Waals surface area contributed by atoms with E-state index in [9.17, 15) is 18.4 Å². The van der Waals surface area contributed by atoms with E-state index in [2.05, 4.69) is 10.1 Å². The number of anilines is 1. The highest BCUT2D eigenvalue weighted by Gasteiger charge is 2.41. The number of carbonyl (C=O) groups excluding carboxylic acids is 2. The van der Waals surface area contributed by atoms with Crippen molar-refractivity contribution in [2.75, 3.05) is 4.90 Å². The minimum absolute atomic E-state index is 0.00655. The predicted octanol–water partition coefficient (Wildman–Crippen LogP) is 5.64. The highest BCUT2D eigenvalue weighted by Crippen LogP contribution is 2.39. The number of carbonyl (C=O) groups is 2. The lowest BCUT2D eigenvalue weighted by Gasteiger charge is -2.18. The molecule has 34 heavy (non-hydrogen) atoms. The lowest BCUT2D eigenvalue weighted by atomic mass is 9.93. The summed E-state index contributed by atoms with van der Waals surface area (Å²) >= 11 is 12.2. The van der Waals surface area contributed by atoms with Gasteiger partial charge >= 0.3 is 0 Å². The van der Waals surface area contributed by atoms with Crippen LogP contribution >= 0.6 is 23.2 Å². The van der Waals surface area contributed by atoms with E-state index in [-0.39, 0.29) is 45.4 Å². The number of rotatable bonds is 5. The lowest BCUT2D eigenvalue weighted by Crippen LogP contribution is -2.32. The van der Waals surface area contributed by atoms with Crippen LogP contribution in [0.25, 0.3) is 11.4 Å². The molecular formula is C23H15Cl2F2N3O4. The van der Waals surface area contributed by atoms with E-state index in [4.69, 9.17) is 32.5 Å². The molecule has 0 saturated carbocycles. The van der Waals surface area contributed by atoms with E-state index in [1.165, 1.54) is 24.3 Å². The molecule has 3 aromatic rings. The molecule has 0 N–H and O–H groups in total. The average molecular weight is 506 g/mol. The third kappa shape index (κ3) is 3.95. The third-order valence-electron chi connectivity index (χ3n) is 5.62. The number of hydrogen-bond acceptors (Lipinski definition) is 6. The number of halogens is 4. The molecule has 2 aliphatic rings. The van der Waals surface area contributed by atoms with E-state index < -0.39 is 23.4 Å². The van der Waals surface area contributed by atoms with Crippen molar-refractivity contribution in [1.29, 1.82) is 0 Å². The highest BCUT2D eigenvalue weighted by atomic mass is 35.5. The van der Waals surface area contributed by atoms with Gasteiger partial charge in [0.1, 0.15) is 17.4 Å². The van der Waals surface area contributed by atoms with Crippen LogP contribution in [0, 0.1) is 11.6 Å². The Balaban J connectivity index is 1.38. The maximum Gasteiger partial charge on any atom is 0.264 e. The molecule has 0 bridgehead atoms. The summed E-state index contributed by atoms with van der Waals surface area (Å²) in [4.78, 5) is 30.6. The van der Waals surface area contributed by atoms with Gasteiger partial charge in [-0.15, -0.1) is 0 Å². The summed E-state index contributed by atoms with van der Waals surface area (Å²) in [7, 11) is 0. The first kappa shape index (κ1) is 22.5. The van der Waals surface area contributed by atoms with Gasteiger partial charge in [0.15, 0.2) is 6.61 Å². The van der Waals surface area contributed by atoms with Gasteiger partial charge in [0.25, 0.3) is 17.7 Å². The molecule has 2 aromatic carbocycles. The van der Waals surface area contributed by atoms with Gasteiger partial charge in [-0.1, -0.05) is 28.4 Å². The first-order chi connectivity index (χ1) is 16.3. The van der Waals surface area contributed by atoms with E-state index in [1.807, 2.05) is 0 Å². The fraction of sp³-hybridized carbons (Fsp3) is 0.217. The van der Waals surface area contributed by atoms with Gasteiger partial charge in [-0.25, -0.2) is 13.7 Å². The Morgan fingerprint density at radius 3 is 2.41 bits per heavy atom. The molecule has 2 amide bonds. The average Bonchev–Trinajstić information content (AvgIpc) is 3.39. The first-order valence-electron chi connectivity index (χ1n) is 10.3. The van der Waals surface area contributed by atoms with Crippen molar-refractivity contribution < 1.29 is 27.6 Å². The minimum Gasteiger partial charge on any atom is -0.482 e. The molecule has 7 nitrogen and oxygen atoms in total. The summed E-state index contributed by atoms with van der Waals surface area (Å²) < 4.78 is 39.0. The van der Waals surface area contributed by atoms with Crippen molar-refractivity contribution in [2.45, 2.75) is 32.3 Å². The van der Waals surface area contributed by atoms with Gasteiger partial charge in [0.2, 0.25) is 5.82 Å². The Kier molecular flexibility index (Phi) is 5.83. The second kappa shape index (κ2) is 8.81. The molecule has 0 unspecified atom stereocenters. The second-order valence-corrected chi connectivity index (χ2v) is 8.58. The molecule has 0 spiro atoms. The van der Waals surface area contributed by atoms with E-state index in [1.54, 1.807) is 0 Å². The Bertz CT molecular complexity index is 1340. The van der Waals surface area contributed by atoms with Crippen molar-refractivity contribution in [2.24, 2.45) is 0 Å². The molecule has 1 aliphatic carbocycles. The molecule has 0 saturated heterocycles. The fourth-order valence-corrected chi connectivity index (χ4v) is 4.40. The number of aromatic nitrogens is 2. The van der Waals surface area contributed by atoms with Crippen LogP contribution in [0.2, 0.25) is 10.0 Å². The molecule has 1 aliphatic heterocycles. The summed E-state index contributed by atoms with van der Waals surface area (Å²) in [6, 6.07) is 5.89. The van der Waals surface area contributed by atoms with Gasteiger partial charge < -0.3 is 9.26 Å². The Hall–Kier alpha value is -3.30. The summed E-state index contributed by atoms with van der Waals surface area (Å²) in [6.45, 7) is -0.263. The summed E-state index contributed by atoms with van der Waals surface area (Å²) in [5.74, 6) is -2.33. The monoisotopic (exact) mass is 505 g/mol. The van der Waals surface area contributed by atoms with Gasteiger partial charge in [0.05, 0.1) is 15.7 Å². The molecule has 0 radical (unpaired) electrons. The van der Waals surface area contributed by atoms with Crippen LogP contribution in [0.5, 0.6) is 5.75 Å². The number of hydrogen-bond donors (Lipinski definition) is 0. The molecular weight excluding hydrogens is 491 g/mol. The topological polar surface area (TPSA) is 85.5 Å². The molecule has 174 valence electrons. The largest absolute Gasteiger partial charge is 0.482 e. The number of benzene rings is 2. The molecule has 2 heterocycles. The molecule has 1 aromatic heterocycles. The molecule has 11 heteroatoms. The quantitative estimate of drug-likeness (QED) is 0.416. The summed E-state index contributed by atoms with van der Waals surface area (Å²) in [6.07, 6.45) is 2.58. The smallest absolute Gasteiger partial charge is 0.264 e. The summed E-state index contributed by atoms with van der Waals surface area (Å²) in [5.41, 5.74) is 0.854. The van der Waals surface area contributed by atoms with Crippen LogP contribution in [-0.2, 0) is 16.2 Å². The predicted molar refractivity (Wildman–Crippen MR) is 118 cm³/mol. The summed E-state index contributed by atoms with van der Waals surface area (Å²) in [5, 5.41) is 3.92. The Morgan fingerprint density at radius 1 is 1.00 bits per heavy atom. The molecule has 5 rings (SSSR count). The molecule has 0 fully saturated rings. The normalized spacial score (nSPS) is 15.8. The maximum absolute atomic E-state index is 14.7. The zero-order chi connectivity index (χ0) is 24.0. The Morgan fingerprint density at radius 2 is 1.71 bits per heavy atom. The number of ether oxygens (including phenoxy) is 1. The van der Waals surface area contributed by atoms with Crippen LogP contribution in [-0.4, -0.2) is 22.0 Å². The van der Waals surface area contributed by atoms with Crippen LogP contribution in [0.4, 0.5) is 14.5 Å². The molecule has 0 atom stereocenters. The van der Waals surface area contributed by atoms with Crippen LogP contribution in [0.15, 0.2) is 46.0 Å². The van der Waals surface area contributed by atoms with Crippen LogP contribution < -0.4 is 9.64 Å². The maximum atomic E-state index is 14.7. The van der Waals surface area contributed by atoms with Gasteiger partial charge in [0, 0.05) is 22.8 Å². The van der Waals surface area contributed by atoms with Crippen molar-refractivity contribution in [3.8, 4) is 17.1 Å². The SMILES string of the molecule is O=C1C2=C(CCCC2)C(=O)N1c1cc(OCc2nc(-c3cc(F)ccc3Cl)no2)c(Cl)cc1F. The van der Waals surface area contributed by atoms with Crippen LogP contribution in [0.3, 0.4) is 0 Å². The van der Waals surface area contributed by atoms with Crippen molar-refractivity contribution >= 4 is 40.7 Å². The number of amides is 2. The first-order valence-corrected chi connectivity index (χ1v) is 11.1. The number of imide groups is 1. The lowest BCUT2D eigenvalue weighted by molar-refractivity contribution is -0.120. The van der Waals surface area contributed by atoms with Crippen molar-refractivity contribution in [3.63, 3.8) is 0 Å². The minimum atomic E-state index is -0.834. The van der Waals surface area contributed by atoms with Gasteiger partial charge in [-0.05, 0) is 49.9 Å². The third-order valence-corrected chi connectivity index (χ3v) is 6.25. The van der Waals surface area contributed by atoms with E-state index in [0.29, 0.717) is 24.0 Å². The van der Waals surface area contributed by atoms with Crippen LogP contribution in [0.1, 0.15) is 31.6 Å².